The van der Waals surface area contributed by atoms with E-state index in [-0.39, 0.29) is 5.75 Å². The van der Waals surface area contributed by atoms with Crippen LogP contribution >= 0.6 is 0 Å². The van der Waals surface area contributed by atoms with Crippen LogP contribution < -0.4 is 10.1 Å². The summed E-state index contributed by atoms with van der Waals surface area (Å²) in [6, 6.07) is 4.99. The first kappa shape index (κ1) is 17.1. The SMILES string of the molecule is COc1cc2nc3c(c(N[C@@H]4CCCCN(C5CC5)C4)c2cc1O)CCC3. The molecule has 0 amide bonds. The van der Waals surface area contributed by atoms with Gasteiger partial charge in [0.15, 0.2) is 11.5 Å². The number of nitrogens with zero attached hydrogens (tertiary/aromatic N) is 2. The average Bonchev–Trinajstić information content (AvgIpc) is 3.44. The van der Waals surface area contributed by atoms with Crippen molar-refractivity contribution >= 4 is 16.6 Å². The topological polar surface area (TPSA) is 57.6 Å². The number of aromatic hydroxyl groups is 1. The molecule has 2 N–H and O–H groups in total. The van der Waals surface area contributed by atoms with Crippen LogP contribution in [0.15, 0.2) is 12.1 Å². The Kier molecular flexibility index (Phi) is 4.35. The number of rotatable bonds is 4. The molecule has 1 atom stereocenters. The summed E-state index contributed by atoms with van der Waals surface area (Å²) in [7, 11) is 1.59. The van der Waals surface area contributed by atoms with E-state index in [1.54, 1.807) is 7.11 Å². The number of phenolic OH excluding ortho intramolecular Hbond substituents is 1. The largest absolute Gasteiger partial charge is 0.504 e. The van der Waals surface area contributed by atoms with E-state index in [2.05, 4.69) is 10.2 Å². The second-order valence-corrected chi connectivity index (χ2v) is 8.37. The Hall–Kier alpha value is -2.01. The second kappa shape index (κ2) is 6.86. The van der Waals surface area contributed by atoms with Gasteiger partial charge in [0.25, 0.3) is 0 Å². The maximum absolute atomic E-state index is 10.4. The average molecular weight is 367 g/mol. The van der Waals surface area contributed by atoms with E-state index in [0.29, 0.717) is 11.8 Å². The molecule has 1 saturated carbocycles. The summed E-state index contributed by atoms with van der Waals surface area (Å²) in [6.45, 7) is 2.38. The first-order chi connectivity index (χ1) is 13.2. The molecule has 2 aliphatic carbocycles. The number of aryl methyl sites for hydroxylation is 1. The number of aromatic nitrogens is 1. The van der Waals surface area contributed by atoms with Gasteiger partial charge < -0.3 is 15.2 Å². The van der Waals surface area contributed by atoms with E-state index in [1.165, 1.54) is 55.6 Å². The Morgan fingerprint density at radius 2 is 2.04 bits per heavy atom. The summed E-state index contributed by atoms with van der Waals surface area (Å²) in [4.78, 5) is 7.58. The van der Waals surface area contributed by atoms with Gasteiger partial charge in [0.2, 0.25) is 0 Å². The molecule has 3 aliphatic rings. The molecule has 2 fully saturated rings. The van der Waals surface area contributed by atoms with Gasteiger partial charge in [0, 0.05) is 41.5 Å². The zero-order valence-electron chi connectivity index (χ0n) is 16.1. The number of likely N-dealkylation sites (tertiary alicyclic amines) is 1. The molecule has 2 heterocycles. The van der Waals surface area contributed by atoms with Crippen molar-refractivity contribution < 1.29 is 9.84 Å². The molecule has 0 unspecified atom stereocenters. The van der Waals surface area contributed by atoms with Crippen molar-refractivity contribution in [2.75, 3.05) is 25.5 Å². The molecule has 1 aromatic carbocycles. The zero-order valence-corrected chi connectivity index (χ0v) is 16.1. The van der Waals surface area contributed by atoms with Crippen LogP contribution in [0.3, 0.4) is 0 Å². The number of hydrogen-bond donors (Lipinski definition) is 2. The fraction of sp³-hybridized carbons (Fsp3) is 0.591. The Bertz CT molecular complexity index is 857. The van der Waals surface area contributed by atoms with E-state index >= 15 is 0 Å². The molecule has 1 saturated heterocycles. The van der Waals surface area contributed by atoms with Crippen LogP contribution in [0.5, 0.6) is 11.5 Å². The predicted octanol–water partition coefficient (Wildman–Crippen LogP) is 3.87. The number of pyridine rings is 1. The lowest BCUT2D eigenvalue weighted by atomic mass is 10.0. The highest BCUT2D eigenvalue weighted by Gasteiger charge is 2.32. The van der Waals surface area contributed by atoms with Gasteiger partial charge in [-0.1, -0.05) is 6.42 Å². The number of anilines is 1. The number of nitrogens with one attached hydrogen (secondary N) is 1. The number of ether oxygens (including phenoxy) is 1. The lowest BCUT2D eigenvalue weighted by Gasteiger charge is -2.27. The maximum Gasteiger partial charge on any atom is 0.162 e. The Balaban J connectivity index is 1.53. The minimum Gasteiger partial charge on any atom is -0.504 e. The molecule has 0 bridgehead atoms. The zero-order chi connectivity index (χ0) is 18.4. The van der Waals surface area contributed by atoms with Crippen molar-refractivity contribution in [2.45, 2.75) is 63.5 Å². The van der Waals surface area contributed by atoms with Crippen LogP contribution in [0.4, 0.5) is 5.69 Å². The van der Waals surface area contributed by atoms with Crippen LogP contribution in [0.25, 0.3) is 10.9 Å². The lowest BCUT2D eigenvalue weighted by molar-refractivity contribution is 0.267. The standard InChI is InChI=1S/C22H29N3O2/c1-27-21-12-19-17(11-20(21)26)22(16-6-4-7-18(16)24-19)23-14-5-2-3-10-25(13-14)15-8-9-15/h11-12,14-15,26H,2-10,13H2,1H3,(H,23,24)/t14-/m1/s1. The van der Waals surface area contributed by atoms with Gasteiger partial charge in [-0.05, 0) is 63.1 Å². The fourth-order valence-electron chi connectivity index (χ4n) is 4.87. The molecule has 1 aromatic heterocycles. The van der Waals surface area contributed by atoms with E-state index in [0.717, 1.165) is 42.8 Å². The summed E-state index contributed by atoms with van der Waals surface area (Å²) in [5, 5.41) is 15.3. The third-order valence-electron chi connectivity index (χ3n) is 6.43. The molecule has 144 valence electrons. The van der Waals surface area contributed by atoms with Crippen molar-refractivity contribution in [1.82, 2.24) is 9.88 Å². The smallest absolute Gasteiger partial charge is 0.162 e. The number of hydrogen-bond acceptors (Lipinski definition) is 5. The van der Waals surface area contributed by atoms with Crippen molar-refractivity contribution in [3.8, 4) is 11.5 Å². The van der Waals surface area contributed by atoms with Gasteiger partial charge in [0.05, 0.1) is 12.6 Å². The lowest BCUT2D eigenvalue weighted by Crippen LogP contribution is -2.36. The fourth-order valence-corrected chi connectivity index (χ4v) is 4.87. The molecule has 5 heteroatoms. The van der Waals surface area contributed by atoms with Crippen LogP contribution in [0, 0.1) is 0 Å². The summed E-state index contributed by atoms with van der Waals surface area (Å²) >= 11 is 0. The monoisotopic (exact) mass is 367 g/mol. The molecule has 0 spiro atoms. The third kappa shape index (κ3) is 3.22. The summed E-state index contributed by atoms with van der Waals surface area (Å²) in [5.41, 5.74) is 4.69. The first-order valence-corrected chi connectivity index (χ1v) is 10.5. The van der Waals surface area contributed by atoms with E-state index < -0.39 is 0 Å². The Labute approximate surface area is 160 Å². The predicted molar refractivity (Wildman–Crippen MR) is 108 cm³/mol. The van der Waals surface area contributed by atoms with Crippen LogP contribution in [-0.4, -0.2) is 47.3 Å². The minimum absolute atomic E-state index is 0.188. The number of benzene rings is 1. The number of phenols is 1. The Morgan fingerprint density at radius 1 is 1.15 bits per heavy atom. The summed E-state index contributed by atoms with van der Waals surface area (Å²) < 4.78 is 5.31. The van der Waals surface area contributed by atoms with Crippen molar-refractivity contribution in [2.24, 2.45) is 0 Å². The molecular formula is C22H29N3O2. The van der Waals surface area contributed by atoms with Crippen molar-refractivity contribution in [3.63, 3.8) is 0 Å². The third-order valence-corrected chi connectivity index (χ3v) is 6.43. The van der Waals surface area contributed by atoms with Crippen LogP contribution in [0.2, 0.25) is 0 Å². The van der Waals surface area contributed by atoms with Crippen molar-refractivity contribution in [3.05, 3.63) is 23.4 Å². The van der Waals surface area contributed by atoms with E-state index in [4.69, 9.17) is 9.72 Å². The minimum atomic E-state index is 0.188. The van der Waals surface area contributed by atoms with Gasteiger partial charge in [-0.2, -0.15) is 0 Å². The van der Waals surface area contributed by atoms with Crippen LogP contribution in [-0.2, 0) is 12.8 Å². The molecular weight excluding hydrogens is 338 g/mol. The molecule has 2 aromatic rings. The number of fused-ring (bicyclic) bond motifs is 2. The van der Waals surface area contributed by atoms with Gasteiger partial charge in [-0.3, -0.25) is 9.88 Å². The quantitative estimate of drug-likeness (QED) is 0.859. The molecule has 1 aliphatic heterocycles. The first-order valence-electron chi connectivity index (χ1n) is 10.5. The van der Waals surface area contributed by atoms with E-state index in [1.807, 2.05) is 12.1 Å². The number of methoxy groups -OCH3 is 1. The molecule has 0 radical (unpaired) electrons. The molecule has 27 heavy (non-hydrogen) atoms. The normalized spacial score (nSPS) is 23.2. The van der Waals surface area contributed by atoms with Crippen molar-refractivity contribution in [1.29, 1.82) is 0 Å². The second-order valence-electron chi connectivity index (χ2n) is 8.37. The van der Waals surface area contributed by atoms with Gasteiger partial charge in [-0.25, -0.2) is 0 Å². The highest BCUT2D eigenvalue weighted by molar-refractivity contribution is 5.96. The molecule has 5 nitrogen and oxygen atoms in total. The highest BCUT2D eigenvalue weighted by atomic mass is 16.5. The van der Waals surface area contributed by atoms with Gasteiger partial charge in [-0.15, -0.1) is 0 Å². The molecule has 5 rings (SSSR count). The van der Waals surface area contributed by atoms with Gasteiger partial charge in [0.1, 0.15) is 0 Å². The summed E-state index contributed by atoms with van der Waals surface area (Å²) in [5.74, 6) is 0.682. The Morgan fingerprint density at radius 3 is 2.85 bits per heavy atom. The van der Waals surface area contributed by atoms with Crippen LogP contribution in [0.1, 0.15) is 49.8 Å². The summed E-state index contributed by atoms with van der Waals surface area (Å²) in [6.07, 6.45) is 9.82. The van der Waals surface area contributed by atoms with E-state index in [9.17, 15) is 5.11 Å². The highest BCUT2D eigenvalue weighted by Crippen LogP contribution is 2.40. The maximum atomic E-state index is 10.4. The van der Waals surface area contributed by atoms with Gasteiger partial charge >= 0.3 is 0 Å².